The monoisotopic (exact) mass is 560 g/mol. The smallest absolute Gasteiger partial charge is 0.311 e. The van der Waals surface area contributed by atoms with Gasteiger partial charge >= 0.3 is 5.97 Å². The van der Waals surface area contributed by atoms with Crippen LogP contribution < -0.4 is 21.2 Å². The lowest BCUT2D eigenvalue weighted by Gasteiger charge is -2.30. The fourth-order valence-electron chi connectivity index (χ4n) is 5.93. The summed E-state index contributed by atoms with van der Waals surface area (Å²) < 4.78 is 0. The van der Waals surface area contributed by atoms with E-state index >= 15 is 0 Å². The molecular weight excluding hydrogens is 532 g/mol. The summed E-state index contributed by atoms with van der Waals surface area (Å²) in [7, 11) is -2.90. The third-order valence-corrected chi connectivity index (χ3v) is 17.5. The Morgan fingerprint density at radius 2 is 1.10 bits per heavy atom. The second-order valence-electron chi connectivity index (χ2n) is 9.56. The van der Waals surface area contributed by atoms with E-state index < -0.39 is 20.1 Å². The van der Waals surface area contributed by atoms with Gasteiger partial charge in [-0.1, -0.05) is 103 Å². The van der Waals surface area contributed by atoms with Crippen molar-refractivity contribution in [3.8, 4) is 0 Å². The number of benzene rings is 4. The number of carboxylic acids is 1. The first-order valence-corrected chi connectivity index (χ1v) is 16.6. The fourth-order valence-corrected chi connectivity index (χ4v) is 18.4. The Kier molecular flexibility index (Phi) is 6.98. The summed E-state index contributed by atoms with van der Waals surface area (Å²) in [4.78, 5) is 17.6. The van der Waals surface area contributed by atoms with Gasteiger partial charge in [-0.15, -0.1) is 0 Å². The van der Waals surface area contributed by atoms with Crippen LogP contribution in [-0.4, -0.2) is 26.2 Å². The number of hydrogen-bond donors (Lipinski definition) is 2. The summed E-state index contributed by atoms with van der Waals surface area (Å²) in [6, 6.07) is 46.3. The summed E-state index contributed by atoms with van der Waals surface area (Å²) in [5.74, 6) is -0.973. The first-order valence-electron chi connectivity index (χ1n) is 13.1. The van der Waals surface area contributed by atoms with E-state index in [2.05, 4.69) is 48.5 Å². The number of aliphatic hydroxyl groups excluding tert-OH is 1. The van der Waals surface area contributed by atoms with Gasteiger partial charge in [0, 0.05) is 6.20 Å². The predicted octanol–water partition coefficient (Wildman–Crippen LogP) is 6.11. The molecule has 0 spiro atoms. The molecule has 0 saturated heterocycles. The second-order valence-corrected chi connectivity index (χ2v) is 16.5. The Morgan fingerprint density at radius 3 is 1.52 bits per heavy atom. The highest BCUT2D eigenvalue weighted by Gasteiger charge is 2.64. The number of rotatable bonds is 7. The van der Waals surface area contributed by atoms with Crippen molar-refractivity contribution in [1.82, 2.24) is 4.98 Å². The second kappa shape index (κ2) is 10.7. The maximum atomic E-state index is 12.8. The highest BCUT2D eigenvalue weighted by Crippen LogP contribution is 2.81. The van der Waals surface area contributed by atoms with Crippen molar-refractivity contribution in [2.75, 3.05) is 0 Å². The number of hydrogen-bond acceptors (Lipinski definition) is 3. The molecule has 4 aromatic carbocycles. The zero-order chi connectivity index (χ0) is 27.6. The normalized spacial score (nSPS) is 15.7. The highest BCUT2D eigenvalue weighted by molar-refractivity contribution is 8.21. The molecule has 4 nitrogen and oxygen atoms in total. The van der Waals surface area contributed by atoms with E-state index in [-0.39, 0.29) is 11.9 Å². The topological polar surface area (TPSA) is 70.4 Å². The molecule has 0 saturated carbocycles. The van der Waals surface area contributed by atoms with Gasteiger partial charge in [0.1, 0.15) is 40.3 Å². The first-order chi connectivity index (χ1) is 19.6. The van der Waals surface area contributed by atoms with Gasteiger partial charge in [-0.05, 0) is 47.0 Å². The SMILES string of the molecule is O=C(O)CC1=C(O)P(c2ccccc2)(c2ccccc2)=C(c2ccccn2)[P+]1(c1ccccc1)c1ccccc1. The molecule has 6 rings (SSSR count). The van der Waals surface area contributed by atoms with Crippen LogP contribution in [0.1, 0.15) is 12.1 Å². The van der Waals surface area contributed by atoms with E-state index in [1.54, 1.807) is 6.20 Å². The van der Waals surface area contributed by atoms with Crippen LogP contribution in [0.4, 0.5) is 0 Å². The van der Waals surface area contributed by atoms with Gasteiger partial charge in [0.15, 0.2) is 5.50 Å². The molecule has 2 heterocycles. The molecule has 5 aromatic rings. The zero-order valence-electron chi connectivity index (χ0n) is 21.7. The number of nitrogens with zero attached hydrogens (tertiary/aromatic N) is 1. The van der Waals surface area contributed by atoms with E-state index in [0.717, 1.165) is 31.9 Å². The van der Waals surface area contributed by atoms with Gasteiger partial charge in [0.2, 0.25) is 0 Å². The third kappa shape index (κ3) is 3.95. The molecule has 2 N–H and O–H groups in total. The Hall–Kier alpha value is -4.23. The molecule has 0 atom stereocenters. The molecule has 0 bridgehead atoms. The van der Waals surface area contributed by atoms with Gasteiger partial charge in [0.25, 0.3) is 0 Å². The van der Waals surface area contributed by atoms with Gasteiger partial charge in [-0.2, -0.15) is 0 Å². The number of pyridine rings is 1. The van der Waals surface area contributed by atoms with Crippen molar-refractivity contribution in [3.63, 3.8) is 0 Å². The summed E-state index contributed by atoms with van der Waals surface area (Å²) in [5.41, 5.74) is 0.950. The van der Waals surface area contributed by atoms with Crippen molar-refractivity contribution in [3.05, 3.63) is 162 Å². The van der Waals surface area contributed by atoms with Crippen molar-refractivity contribution < 1.29 is 15.0 Å². The van der Waals surface area contributed by atoms with E-state index in [1.165, 1.54) is 0 Å². The Bertz CT molecular complexity index is 1660. The maximum Gasteiger partial charge on any atom is 0.311 e. The molecule has 1 aromatic heterocycles. The summed E-state index contributed by atoms with van der Waals surface area (Å²) in [5, 5.41) is 28.7. The molecule has 40 heavy (non-hydrogen) atoms. The number of aliphatic carboxylic acids is 1. The third-order valence-electron chi connectivity index (χ3n) is 7.40. The molecular formula is C34H28NO3P2+. The quantitative estimate of drug-likeness (QED) is 0.236. The van der Waals surface area contributed by atoms with E-state index in [4.69, 9.17) is 4.98 Å². The van der Waals surface area contributed by atoms with Crippen LogP contribution in [0.25, 0.3) is 0 Å². The highest BCUT2D eigenvalue weighted by atomic mass is 31.2. The lowest BCUT2D eigenvalue weighted by atomic mass is 10.4. The van der Waals surface area contributed by atoms with E-state index in [0.29, 0.717) is 5.31 Å². The van der Waals surface area contributed by atoms with Crippen LogP contribution in [0.15, 0.2) is 157 Å². The zero-order valence-corrected chi connectivity index (χ0v) is 23.5. The molecule has 0 unspecified atom stereocenters. The van der Waals surface area contributed by atoms with Crippen molar-refractivity contribution in [2.24, 2.45) is 0 Å². The Balaban J connectivity index is 1.97. The summed E-state index contributed by atoms with van der Waals surface area (Å²) in [6.45, 7) is -2.96. The minimum Gasteiger partial charge on any atom is -0.504 e. The molecule has 6 heteroatoms. The largest absolute Gasteiger partial charge is 0.504 e. The van der Waals surface area contributed by atoms with Crippen LogP contribution in [0.2, 0.25) is 0 Å². The average molecular weight is 561 g/mol. The summed E-state index contributed by atoms with van der Waals surface area (Å²) in [6.07, 6.45) is 1.51. The van der Waals surface area contributed by atoms with Gasteiger partial charge in [0.05, 0.1) is 6.89 Å². The van der Waals surface area contributed by atoms with Gasteiger partial charge < -0.3 is 10.2 Å². The molecule has 0 radical (unpaired) electrons. The van der Waals surface area contributed by atoms with Crippen molar-refractivity contribution >= 4 is 46.4 Å². The molecule has 0 amide bonds. The maximum absolute atomic E-state index is 12.8. The Morgan fingerprint density at radius 1 is 0.650 bits per heavy atom. The van der Waals surface area contributed by atoms with Crippen molar-refractivity contribution in [2.45, 2.75) is 6.42 Å². The number of carbonyl (C=O) groups is 1. The van der Waals surface area contributed by atoms with Crippen LogP contribution in [0.3, 0.4) is 0 Å². The molecule has 0 aliphatic carbocycles. The van der Waals surface area contributed by atoms with Crippen LogP contribution in [0, 0.1) is 0 Å². The predicted molar refractivity (Wildman–Crippen MR) is 168 cm³/mol. The average Bonchev–Trinajstić information content (AvgIpc) is 3.25. The lowest BCUT2D eigenvalue weighted by molar-refractivity contribution is -0.136. The fraction of sp³-hybridized carbons (Fsp3) is 0.0294. The standard InChI is InChI=1S/C34H27NO3P2/c36-32(37)25-31-33(38)40(28-19-9-3-10-20-28,29-21-11-4-12-22-29)34(30-23-13-14-24-35-30)39(31,26-15-5-1-6-16-26)27-17-7-2-8-18-27/h1-24H,25H2,(H-,36,37,38)/p+1. The molecule has 1 aliphatic heterocycles. The summed E-state index contributed by atoms with van der Waals surface area (Å²) >= 11 is 0. The van der Waals surface area contributed by atoms with Crippen molar-refractivity contribution in [1.29, 1.82) is 0 Å². The van der Waals surface area contributed by atoms with E-state index in [1.807, 2.05) is 91.0 Å². The number of carboxylic acid groups (broad SMARTS) is 1. The van der Waals surface area contributed by atoms with Crippen LogP contribution in [-0.2, 0) is 4.79 Å². The molecule has 196 valence electrons. The first kappa shape index (κ1) is 26.0. The van der Waals surface area contributed by atoms with Crippen LogP contribution >= 0.6 is 14.1 Å². The van der Waals surface area contributed by atoms with Gasteiger partial charge in [-0.25, -0.2) is 0 Å². The molecule has 1 aliphatic rings. The van der Waals surface area contributed by atoms with E-state index in [9.17, 15) is 15.0 Å². The van der Waals surface area contributed by atoms with Gasteiger partial charge in [-0.3, -0.25) is 9.78 Å². The van der Waals surface area contributed by atoms with Crippen LogP contribution in [0.5, 0.6) is 0 Å². The minimum atomic E-state index is -2.96. The Labute approximate surface area is 234 Å². The number of aliphatic hydroxyl groups is 1. The lowest BCUT2D eigenvalue weighted by Crippen LogP contribution is -2.32. The minimum absolute atomic E-state index is 0.175. The number of aromatic nitrogens is 1. The molecule has 0 fully saturated rings.